The molecule has 3 rings (SSSR count). The maximum atomic E-state index is 12.0. The van der Waals surface area contributed by atoms with Gasteiger partial charge in [0.05, 0.1) is 16.8 Å². The second-order valence-corrected chi connectivity index (χ2v) is 6.34. The summed E-state index contributed by atoms with van der Waals surface area (Å²) < 4.78 is 11.7. The van der Waals surface area contributed by atoms with Crippen molar-refractivity contribution < 1.29 is 14.3 Å². The Kier molecular flexibility index (Phi) is 5.17. The fourth-order valence-corrected chi connectivity index (χ4v) is 3.21. The summed E-state index contributed by atoms with van der Waals surface area (Å²) in [6, 6.07) is 12.5. The van der Waals surface area contributed by atoms with Crippen LogP contribution in [0.2, 0.25) is 5.02 Å². The number of fused-ring (bicyclic) bond motifs is 1. The van der Waals surface area contributed by atoms with Crippen molar-refractivity contribution in [3.05, 3.63) is 47.5 Å². The molecule has 0 radical (unpaired) electrons. The summed E-state index contributed by atoms with van der Waals surface area (Å²) in [5.41, 5.74) is 0.798. The second-order valence-electron chi connectivity index (χ2n) is 4.87. The molecule has 1 amide bonds. The lowest BCUT2D eigenvalue weighted by Gasteiger charge is -2.07. The number of hydrogen-bond donors (Lipinski definition) is 1. The van der Waals surface area contributed by atoms with Gasteiger partial charge < -0.3 is 9.47 Å². The highest BCUT2D eigenvalue weighted by Crippen LogP contribution is 2.28. The van der Waals surface area contributed by atoms with E-state index in [9.17, 15) is 4.79 Å². The summed E-state index contributed by atoms with van der Waals surface area (Å²) in [4.78, 5) is 16.3. The minimum Gasteiger partial charge on any atom is -0.494 e. The lowest BCUT2D eigenvalue weighted by atomic mass is 10.3. The number of rotatable bonds is 6. The average molecular weight is 363 g/mol. The Hall–Kier alpha value is -2.31. The molecule has 0 atom stereocenters. The summed E-state index contributed by atoms with van der Waals surface area (Å²) in [6.07, 6.45) is 0. The molecule has 3 aromatic rings. The molecule has 24 heavy (non-hydrogen) atoms. The summed E-state index contributed by atoms with van der Waals surface area (Å²) in [5, 5.41) is 3.89. The van der Waals surface area contributed by atoms with E-state index in [-0.39, 0.29) is 12.5 Å². The number of carbonyl (C=O) groups is 1. The van der Waals surface area contributed by atoms with Gasteiger partial charge in [0.1, 0.15) is 11.5 Å². The Morgan fingerprint density at radius 1 is 1.17 bits per heavy atom. The molecule has 1 aromatic heterocycles. The molecule has 0 fully saturated rings. The molecule has 7 heteroatoms. The maximum Gasteiger partial charge on any atom is 0.264 e. The van der Waals surface area contributed by atoms with Gasteiger partial charge in [-0.3, -0.25) is 10.1 Å². The van der Waals surface area contributed by atoms with Crippen LogP contribution in [0.5, 0.6) is 11.5 Å². The molecule has 2 aromatic carbocycles. The molecule has 0 saturated carbocycles. The lowest BCUT2D eigenvalue weighted by molar-refractivity contribution is -0.118. The van der Waals surface area contributed by atoms with Crippen molar-refractivity contribution in [2.24, 2.45) is 0 Å². The van der Waals surface area contributed by atoms with E-state index in [1.165, 1.54) is 11.3 Å². The molecule has 0 spiro atoms. The summed E-state index contributed by atoms with van der Waals surface area (Å²) in [5.74, 6) is 1.10. The first-order valence-corrected chi connectivity index (χ1v) is 8.55. The summed E-state index contributed by atoms with van der Waals surface area (Å²) >= 11 is 7.31. The van der Waals surface area contributed by atoms with Gasteiger partial charge in [-0.05, 0) is 49.4 Å². The van der Waals surface area contributed by atoms with Gasteiger partial charge in [0, 0.05) is 5.02 Å². The molecular weight excluding hydrogens is 348 g/mol. The molecule has 0 aliphatic heterocycles. The second kappa shape index (κ2) is 7.51. The standard InChI is InChI=1S/C17H15ClN2O3S/c1-2-22-12-4-6-13(7-5-12)23-10-16(21)20-17-19-14-8-3-11(18)9-15(14)24-17/h3-9H,2,10H2,1H3,(H,19,20,21). The molecule has 0 aliphatic rings. The number of benzene rings is 2. The Balaban J connectivity index is 1.56. The van der Waals surface area contributed by atoms with Crippen LogP contribution < -0.4 is 14.8 Å². The molecule has 1 N–H and O–H groups in total. The fourth-order valence-electron chi connectivity index (χ4n) is 2.05. The van der Waals surface area contributed by atoms with Gasteiger partial charge in [0.2, 0.25) is 0 Å². The molecule has 1 heterocycles. The van der Waals surface area contributed by atoms with E-state index in [0.29, 0.717) is 22.5 Å². The predicted octanol–water partition coefficient (Wildman–Crippen LogP) is 4.37. The zero-order valence-electron chi connectivity index (χ0n) is 12.9. The zero-order valence-corrected chi connectivity index (χ0v) is 14.5. The number of amides is 1. The molecule has 0 aliphatic carbocycles. The smallest absolute Gasteiger partial charge is 0.264 e. The highest BCUT2D eigenvalue weighted by Gasteiger charge is 2.09. The molecule has 0 unspecified atom stereocenters. The summed E-state index contributed by atoms with van der Waals surface area (Å²) in [6.45, 7) is 2.44. The highest BCUT2D eigenvalue weighted by atomic mass is 35.5. The van der Waals surface area contributed by atoms with Gasteiger partial charge in [0.15, 0.2) is 11.7 Å². The predicted molar refractivity (Wildman–Crippen MR) is 96.4 cm³/mol. The van der Waals surface area contributed by atoms with E-state index < -0.39 is 0 Å². The Morgan fingerprint density at radius 2 is 1.88 bits per heavy atom. The maximum absolute atomic E-state index is 12.0. The van der Waals surface area contributed by atoms with Gasteiger partial charge in [-0.15, -0.1) is 0 Å². The van der Waals surface area contributed by atoms with Gasteiger partial charge in [-0.25, -0.2) is 4.98 Å². The van der Waals surface area contributed by atoms with Crippen molar-refractivity contribution in [1.82, 2.24) is 4.98 Å². The number of anilines is 1. The molecular formula is C17H15ClN2O3S. The van der Waals surface area contributed by atoms with Gasteiger partial charge in [-0.1, -0.05) is 22.9 Å². The molecule has 0 bridgehead atoms. The third-order valence-electron chi connectivity index (χ3n) is 3.10. The van der Waals surface area contributed by atoms with Gasteiger partial charge in [0.25, 0.3) is 5.91 Å². The minimum absolute atomic E-state index is 0.0926. The molecule has 0 saturated heterocycles. The topological polar surface area (TPSA) is 60.5 Å². The van der Waals surface area contributed by atoms with Crippen LogP contribution in [0.25, 0.3) is 10.2 Å². The van der Waals surface area contributed by atoms with E-state index in [2.05, 4.69) is 10.3 Å². The van der Waals surface area contributed by atoms with Gasteiger partial charge in [-0.2, -0.15) is 0 Å². The molecule has 5 nitrogen and oxygen atoms in total. The minimum atomic E-state index is -0.269. The normalized spacial score (nSPS) is 10.6. The third kappa shape index (κ3) is 4.15. The van der Waals surface area contributed by atoms with E-state index in [0.717, 1.165) is 16.0 Å². The van der Waals surface area contributed by atoms with Crippen LogP contribution in [-0.2, 0) is 4.79 Å². The Morgan fingerprint density at radius 3 is 2.58 bits per heavy atom. The van der Waals surface area contributed by atoms with E-state index in [4.69, 9.17) is 21.1 Å². The SMILES string of the molecule is CCOc1ccc(OCC(=O)Nc2nc3ccc(Cl)cc3s2)cc1. The number of ether oxygens (including phenoxy) is 2. The Bertz CT molecular complexity index is 849. The first-order chi connectivity index (χ1) is 11.6. The van der Waals surface area contributed by atoms with Crippen LogP contribution in [0.15, 0.2) is 42.5 Å². The van der Waals surface area contributed by atoms with Crippen molar-refractivity contribution in [3.8, 4) is 11.5 Å². The van der Waals surface area contributed by atoms with Crippen LogP contribution in [0.3, 0.4) is 0 Å². The first kappa shape index (κ1) is 16.5. The zero-order chi connectivity index (χ0) is 16.9. The third-order valence-corrected chi connectivity index (χ3v) is 4.27. The lowest BCUT2D eigenvalue weighted by Crippen LogP contribution is -2.19. The Labute approximate surface area is 148 Å². The average Bonchev–Trinajstić information content (AvgIpc) is 2.95. The van der Waals surface area contributed by atoms with Crippen LogP contribution in [0.4, 0.5) is 5.13 Å². The van der Waals surface area contributed by atoms with Crippen LogP contribution >= 0.6 is 22.9 Å². The van der Waals surface area contributed by atoms with Crippen molar-refractivity contribution in [2.45, 2.75) is 6.92 Å². The monoisotopic (exact) mass is 362 g/mol. The number of carbonyl (C=O) groups excluding carboxylic acids is 1. The quantitative estimate of drug-likeness (QED) is 0.707. The van der Waals surface area contributed by atoms with Gasteiger partial charge >= 0.3 is 0 Å². The van der Waals surface area contributed by atoms with Crippen molar-refractivity contribution in [2.75, 3.05) is 18.5 Å². The van der Waals surface area contributed by atoms with E-state index in [1.807, 2.05) is 19.1 Å². The van der Waals surface area contributed by atoms with Crippen molar-refractivity contribution in [1.29, 1.82) is 0 Å². The number of aromatic nitrogens is 1. The number of halogens is 1. The number of thiazole rings is 1. The van der Waals surface area contributed by atoms with Crippen molar-refractivity contribution >= 4 is 44.2 Å². The van der Waals surface area contributed by atoms with Crippen LogP contribution in [0, 0.1) is 0 Å². The summed E-state index contributed by atoms with van der Waals surface area (Å²) in [7, 11) is 0. The number of nitrogens with zero attached hydrogens (tertiary/aromatic N) is 1. The first-order valence-electron chi connectivity index (χ1n) is 7.35. The van der Waals surface area contributed by atoms with E-state index >= 15 is 0 Å². The number of hydrogen-bond acceptors (Lipinski definition) is 5. The van der Waals surface area contributed by atoms with Crippen LogP contribution in [-0.4, -0.2) is 24.1 Å². The fraction of sp³-hybridized carbons (Fsp3) is 0.176. The largest absolute Gasteiger partial charge is 0.494 e. The van der Waals surface area contributed by atoms with Crippen LogP contribution in [0.1, 0.15) is 6.92 Å². The molecule has 124 valence electrons. The number of nitrogens with one attached hydrogen (secondary N) is 1. The van der Waals surface area contributed by atoms with Crippen molar-refractivity contribution in [3.63, 3.8) is 0 Å². The highest BCUT2D eigenvalue weighted by molar-refractivity contribution is 7.22. The van der Waals surface area contributed by atoms with E-state index in [1.54, 1.807) is 30.3 Å².